The van der Waals surface area contributed by atoms with Gasteiger partial charge in [-0.3, -0.25) is 4.90 Å². The molecule has 2 aliphatic heterocycles. The Hall–Kier alpha value is -0.120. The summed E-state index contributed by atoms with van der Waals surface area (Å²) in [6.07, 6.45) is 8.19. The molecular weight excluding hydrogens is 210 g/mol. The molecule has 2 N–H and O–H groups in total. The molecule has 2 rings (SSSR count). The Labute approximate surface area is 106 Å². The Morgan fingerprint density at radius 1 is 1.06 bits per heavy atom. The molecule has 2 saturated heterocycles. The van der Waals surface area contributed by atoms with Crippen LogP contribution in [-0.4, -0.2) is 54.6 Å². The quantitative estimate of drug-likeness (QED) is 0.792. The molecule has 0 amide bonds. The Morgan fingerprint density at radius 2 is 1.76 bits per heavy atom. The zero-order valence-corrected chi connectivity index (χ0v) is 11.4. The van der Waals surface area contributed by atoms with Gasteiger partial charge in [-0.25, -0.2) is 0 Å². The lowest BCUT2D eigenvalue weighted by molar-refractivity contribution is 0.124. The van der Waals surface area contributed by atoms with Gasteiger partial charge in [-0.05, 0) is 71.8 Å². The summed E-state index contributed by atoms with van der Waals surface area (Å²) in [5.74, 6) is 0. The van der Waals surface area contributed by atoms with E-state index in [0.717, 1.165) is 0 Å². The van der Waals surface area contributed by atoms with E-state index in [9.17, 15) is 0 Å². The summed E-state index contributed by atoms with van der Waals surface area (Å²) in [6, 6.07) is 0.976. The minimum Gasteiger partial charge on any atom is -0.327 e. The van der Waals surface area contributed by atoms with Gasteiger partial charge in [0.15, 0.2) is 0 Å². The third-order valence-corrected chi connectivity index (χ3v) is 4.39. The number of likely N-dealkylation sites (tertiary alicyclic amines) is 2. The zero-order chi connectivity index (χ0) is 12.1. The van der Waals surface area contributed by atoms with E-state index in [-0.39, 0.29) is 0 Å². The van der Waals surface area contributed by atoms with Gasteiger partial charge in [0.25, 0.3) is 0 Å². The predicted molar refractivity (Wildman–Crippen MR) is 73.2 cm³/mol. The second kappa shape index (κ2) is 6.72. The normalized spacial score (nSPS) is 29.6. The maximum absolute atomic E-state index is 6.10. The molecule has 2 unspecified atom stereocenters. The van der Waals surface area contributed by atoms with Crippen molar-refractivity contribution in [3.8, 4) is 0 Å². The van der Waals surface area contributed by atoms with Crippen molar-refractivity contribution >= 4 is 0 Å². The van der Waals surface area contributed by atoms with Gasteiger partial charge in [0, 0.05) is 12.1 Å². The third kappa shape index (κ3) is 3.94. The highest BCUT2D eigenvalue weighted by atomic mass is 15.2. The Morgan fingerprint density at radius 3 is 2.47 bits per heavy atom. The monoisotopic (exact) mass is 239 g/mol. The zero-order valence-electron chi connectivity index (χ0n) is 11.4. The van der Waals surface area contributed by atoms with Gasteiger partial charge in [-0.2, -0.15) is 0 Å². The molecular formula is C14H29N3. The lowest BCUT2D eigenvalue weighted by Crippen LogP contribution is -2.49. The Bertz CT molecular complexity index is 212. The van der Waals surface area contributed by atoms with E-state index in [2.05, 4.69) is 16.7 Å². The van der Waals surface area contributed by atoms with Crippen molar-refractivity contribution in [1.82, 2.24) is 9.80 Å². The van der Waals surface area contributed by atoms with Crippen LogP contribution in [0.5, 0.6) is 0 Å². The van der Waals surface area contributed by atoms with Gasteiger partial charge in [-0.1, -0.05) is 6.42 Å². The van der Waals surface area contributed by atoms with E-state index in [1.54, 1.807) is 0 Å². The first-order valence-corrected chi connectivity index (χ1v) is 7.49. The topological polar surface area (TPSA) is 32.5 Å². The van der Waals surface area contributed by atoms with Gasteiger partial charge < -0.3 is 10.6 Å². The number of nitrogens with two attached hydrogens (primary N) is 1. The van der Waals surface area contributed by atoms with E-state index in [4.69, 9.17) is 5.73 Å². The summed E-state index contributed by atoms with van der Waals surface area (Å²) >= 11 is 0. The number of piperidine rings is 1. The third-order valence-electron chi connectivity index (χ3n) is 4.39. The maximum Gasteiger partial charge on any atom is 0.0244 e. The van der Waals surface area contributed by atoms with Crippen LogP contribution in [0.15, 0.2) is 0 Å². The SMILES string of the molecule is CC(N)C1CCCCN1CCCN1CCCC1. The molecule has 2 aliphatic rings. The van der Waals surface area contributed by atoms with Gasteiger partial charge >= 0.3 is 0 Å². The van der Waals surface area contributed by atoms with Crippen molar-refractivity contribution < 1.29 is 0 Å². The number of hydrogen-bond donors (Lipinski definition) is 1. The van der Waals surface area contributed by atoms with Crippen LogP contribution < -0.4 is 5.73 Å². The molecule has 0 aliphatic carbocycles. The lowest BCUT2D eigenvalue weighted by atomic mass is 9.97. The fraction of sp³-hybridized carbons (Fsp3) is 1.00. The van der Waals surface area contributed by atoms with Crippen molar-refractivity contribution in [2.45, 2.75) is 57.5 Å². The van der Waals surface area contributed by atoms with Crippen LogP contribution in [-0.2, 0) is 0 Å². The first-order valence-electron chi connectivity index (χ1n) is 7.49. The van der Waals surface area contributed by atoms with Crippen molar-refractivity contribution in [2.75, 3.05) is 32.7 Å². The van der Waals surface area contributed by atoms with Crippen LogP contribution in [0.2, 0.25) is 0 Å². The molecule has 0 aromatic heterocycles. The highest BCUT2D eigenvalue weighted by Crippen LogP contribution is 2.19. The largest absolute Gasteiger partial charge is 0.327 e. The standard InChI is InChI=1S/C14H29N3/c1-13(15)14-7-2-3-11-17(14)12-6-10-16-8-4-5-9-16/h13-14H,2-12,15H2,1H3. The average molecular weight is 239 g/mol. The van der Waals surface area contributed by atoms with Gasteiger partial charge in [0.1, 0.15) is 0 Å². The van der Waals surface area contributed by atoms with Crippen LogP contribution in [0.4, 0.5) is 0 Å². The van der Waals surface area contributed by atoms with E-state index in [1.807, 2.05) is 0 Å². The van der Waals surface area contributed by atoms with Crippen LogP contribution in [0.3, 0.4) is 0 Å². The fourth-order valence-corrected chi connectivity index (χ4v) is 3.39. The molecule has 2 fully saturated rings. The molecule has 17 heavy (non-hydrogen) atoms. The summed E-state index contributed by atoms with van der Waals surface area (Å²) in [7, 11) is 0. The molecule has 2 atom stereocenters. The molecule has 0 spiro atoms. The second-order valence-corrected chi connectivity index (χ2v) is 5.86. The van der Waals surface area contributed by atoms with E-state index >= 15 is 0 Å². The highest BCUT2D eigenvalue weighted by molar-refractivity contribution is 4.83. The molecule has 3 heteroatoms. The van der Waals surface area contributed by atoms with Crippen LogP contribution >= 0.6 is 0 Å². The Kier molecular flexibility index (Phi) is 5.26. The smallest absolute Gasteiger partial charge is 0.0244 e. The van der Waals surface area contributed by atoms with Gasteiger partial charge in [0.05, 0.1) is 0 Å². The van der Waals surface area contributed by atoms with Crippen LogP contribution in [0, 0.1) is 0 Å². The second-order valence-electron chi connectivity index (χ2n) is 5.86. The fourth-order valence-electron chi connectivity index (χ4n) is 3.39. The number of rotatable bonds is 5. The van der Waals surface area contributed by atoms with Crippen LogP contribution in [0.1, 0.15) is 45.4 Å². The van der Waals surface area contributed by atoms with E-state index in [0.29, 0.717) is 12.1 Å². The molecule has 0 aromatic rings. The number of hydrogen-bond acceptors (Lipinski definition) is 3. The van der Waals surface area contributed by atoms with E-state index in [1.165, 1.54) is 71.2 Å². The molecule has 3 nitrogen and oxygen atoms in total. The van der Waals surface area contributed by atoms with Crippen LogP contribution in [0.25, 0.3) is 0 Å². The Balaban J connectivity index is 1.68. The lowest BCUT2D eigenvalue weighted by Gasteiger charge is -2.38. The molecule has 2 heterocycles. The molecule has 100 valence electrons. The van der Waals surface area contributed by atoms with Crippen molar-refractivity contribution in [3.05, 3.63) is 0 Å². The predicted octanol–water partition coefficient (Wildman–Crippen LogP) is 1.67. The molecule has 0 radical (unpaired) electrons. The van der Waals surface area contributed by atoms with Crippen molar-refractivity contribution in [1.29, 1.82) is 0 Å². The minimum atomic E-state index is 0.335. The summed E-state index contributed by atoms with van der Waals surface area (Å²) in [4.78, 5) is 5.26. The molecule has 0 saturated carbocycles. The van der Waals surface area contributed by atoms with Crippen molar-refractivity contribution in [2.24, 2.45) is 5.73 Å². The van der Waals surface area contributed by atoms with Crippen molar-refractivity contribution in [3.63, 3.8) is 0 Å². The first-order chi connectivity index (χ1) is 8.27. The minimum absolute atomic E-state index is 0.335. The molecule has 0 bridgehead atoms. The summed E-state index contributed by atoms with van der Waals surface area (Å²) in [5, 5.41) is 0. The van der Waals surface area contributed by atoms with Gasteiger partial charge in [0.2, 0.25) is 0 Å². The van der Waals surface area contributed by atoms with E-state index < -0.39 is 0 Å². The maximum atomic E-state index is 6.10. The summed E-state index contributed by atoms with van der Waals surface area (Å²) in [6.45, 7) is 8.65. The average Bonchev–Trinajstić information content (AvgIpc) is 2.82. The highest BCUT2D eigenvalue weighted by Gasteiger charge is 2.24. The first kappa shape index (κ1) is 13.3. The van der Waals surface area contributed by atoms with Gasteiger partial charge in [-0.15, -0.1) is 0 Å². The summed E-state index contributed by atoms with van der Waals surface area (Å²) < 4.78 is 0. The molecule has 0 aromatic carbocycles. The summed E-state index contributed by atoms with van der Waals surface area (Å²) in [5.41, 5.74) is 6.10. The number of nitrogens with zero attached hydrogens (tertiary/aromatic N) is 2.